The van der Waals surface area contributed by atoms with Crippen LogP contribution in [0.2, 0.25) is 0 Å². The van der Waals surface area contributed by atoms with E-state index in [9.17, 15) is 4.79 Å². The van der Waals surface area contributed by atoms with Gasteiger partial charge >= 0.3 is 6.03 Å². The van der Waals surface area contributed by atoms with Crippen molar-refractivity contribution < 1.29 is 9.53 Å². The third-order valence-electron chi connectivity index (χ3n) is 3.50. The number of ether oxygens (including phenoxy) is 1. The molecule has 0 spiro atoms. The zero-order valence-electron chi connectivity index (χ0n) is 12.3. The van der Waals surface area contributed by atoms with Crippen molar-refractivity contribution in [3.05, 3.63) is 36.2 Å². The smallest absolute Gasteiger partial charge is 0.317 e. The van der Waals surface area contributed by atoms with Gasteiger partial charge < -0.3 is 15.0 Å². The molecule has 3 rings (SSSR count). The van der Waals surface area contributed by atoms with Gasteiger partial charge in [0.1, 0.15) is 5.82 Å². The second-order valence-corrected chi connectivity index (χ2v) is 5.05. The molecule has 7 nitrogen and oxygen atoms in total. The Morgan fingerprint density at radius 1 is 1.27 bits per heavy atom. The number of morpholine rings is 1. The van der Waals surface area contributed by atoms with E-state index in [0.29, 0.717) is 45.1 Å². The Morgan fingerprint density at radius 2 is 2.05 bits per heavy atom. The Hall–Kier alpha value is -2.41. The molecule has 0 aliphatic carbocycles. The molecule has 1 aliphatic rings. The highest BCUT2D eigenvalue weighted by Crippen LogP contribution is 2.13. The first kappa shape index (κ1) is 14.5. The van der Waals surface area contributed by atoms with Gasteiger partial charge in [-0.2, -0.15) is 5.10 Å². The molecule has 1 aliphatic heterocycles. The highest BCUT2D eigenvalue weighted by molar-refractivity contribution is 5.74. The number of carbonyl (C=O) groups is 1. The van der Waals surface area contributed by atoms with E-state index in [-0.39, 0.29) is 6.03 Å². The van der Waals surface area contributed by atoms with Crippen LogP contribution in [0.4, 0.5) is 4.79 Å². The van der Waals surface area contributed by atoms with E-state index in [4.69, 9.17) is 4.74 Å². The number of nitrogens with zero attached hydrogens (tertiary/aromatic N) is 3. The Labute approximate surface area is 128 Å². The standard InChI is InChI=1S/C15H19N5O2/c21-15(20-8-10-22-11-9-20)16-7-6-13-17-14(19-18-13)12-4-2-1-3-5-12/h1-5H,6-11H2,(H,16,21)(H,17,18,19). The molecule has 0 radical (unpaired) electrons. The average molecular weight is 301 g/mol. The molecule has 2 heterocycles. The number of aromatic amines is 1. The molecule has 22 heavy (non-hydrogen) atoms. The fourth-order valence-corrected chi connectivity index (χ4v) is 2.29. The van der Waals surface area contributed by atoms with Crippen molar-refractivity contribution in [2.45, 2.75) is 6.42 Å². The van der Waals surface area contributed by atoms with Gasteiger partial charge in [0.2, 0.25) is 0 Å². The quantitative estimate of drug-likeness (QED) is 0.884. The highest BCUT2D eigenvalue weighted by Gasteiger charge is 2.16. The number of H-pyrrole nitrogens is 1. The number of hydrogen-bond acceptors (Lipinski definition) is 4. The number of rotatable bonds is 4. The molecule has 2 aromatic rings. The summed E-state index contributed by atoms with van der Waals surface area (Å²) in [5.41, 5.74) is 0.974. The van der Waals surface area contributed by atoms with Crippen molar-refractivity contribution in [2.75, 3.05) is 32.8 Å². The zero-order valence-corrected chi connectivity index (χ0v) is 12.3. The van der Waals surface area contributed by atoms with Gasteiger partial charge in [0.25, 0.3) is 0 Å². The topological polar surface area (TPSA) is 83.1 Å². The lowest BCUT2D eigenvalue weighted by molar-refractivity contribution is 0.0533. The van der Waals surface area contributed by atoms with Crippen LogP contribution in [0, 0.1) is 0 Å². The molecule has 1 fully saturated rings. The van der Waals surface area contributed by atoms with Gasteiger partial charge in [0.15, 0.2) is 5.82 Å². The molecule has 7 heteroatoms. The van der Waals surface area contributed by atoms with Crippen molar-refractivity contribution in [3.63, 3.8) is 0 Å². The summed E-state index contributed by atoms with van der Waals surface area (Å²) in [4.78, 5) is 18.1. The molecule has 1 saturated heterocycles. The van der Waals surface area contributed by atoms with Crippen LogP contribution in [0.15, 0.2) is 30.3 Å². The van der Waals surface area contributed by atoms with Crippen molar-refractivity contribution >= 4 is 6.03 Å². The normalized spacial score (nSPS) is 14.8. The van der Waals surface area contributed by atoms with E-state index in [1.165, 1.54) is 0 Å². The van der Waals surface area contributed by atoms with Crippen molar-refractivity contribution in [3.8, 4) is 11.4 Å². The van der Waals surface area contributed by atoms with Gasteiger partial charge in [0, 0.05) is 31.6 Å². The molecule has 0 bridgehead atoms. The van der Waals surface area contributed by atoms with E-state index in [2.05, 4.69) is 20.5 Å². The molecule has 0 saturated carbocycles. The Morgan fingerprint density at radius 3 is 2.82 bits per heavy atom. The van der Waals surface area contributed by atoms with E-state index >= 15 is 0 Å². The third-order valence-corrected chi connectivity index (χ3v) is 3.50. The minimum atomic E-state index is -0.0499. The zero-order chi connectivity index (χ0) is 15.2. The van der Waals surface area contributed by atoms with Gasteiger partial charge in [-0.3, -0.25) is 5.10 Å². The number of aromatic nitrogens is 3. The second-order valence-electron chi connectivity index (χ2n) is 5.05. The lowest BCUT2D eigenvalue weighted by Crippen LogP contribution is -2.46. The maximum atomic E-state index is 11.9. The minimum absolute atomic E-state index is 0.0499. The molecular formula is C15H19N5O2. The molecule has 0 atom stereocenters. The summed E-state index contributed by atoms with van der Waals surface area (Å²) < 4.78 is 5.22. The maximum absolute atomic E-state index is 11.9. The van der Waals surface area contributed by atoms with Gasteiger partial charge in [0.05, 0.1) is 13.2 Å². The molecule has 0 unspecified atom stereocenters. The molecule has 2 N–H and O–H groups in total. The van der Waals surface area contributed by atoms with Gasteiger partial charge in [-0.1, -0.05) is 30.3 Å². The monoisotopic (exact) mass is 301 g/mol. The SMILES string of the molecule is O=C(NCCc1nc(-c2ccccc2)n[nH]1)N1CCOCC1. The van der Waals surface area contributed by atoms with Crippen LogP contribution in [0.5, 0.6) is 0 Å². The maximum Gasteiger partial charge on any atom is 0.317 e. The molecular weight excluding hydrogens is 282 g/mol. The van der Waals surface area contributed by atoms with E-state index in [1.54, 1.807) is 4.90 Å². The van der Waals surface area contributed by atoms with Crippen LogP contribution >= 0.6 is 0 Å². The van der Waals surface area contributed by atoms with Crippen LogP contribution in [-0.4, -0.2) is 59.0 Å². The van der Waals surface area contributed by atoms with Crippen LogP contribution in [-0.2, 0) is 11.2 Å². The summed E-state index contributed by atoms with van der Waals surface area (Å²) in [7, 11) is 0. The Bertz CT molecular complexity index is 607. The van der Waals surface area contributed by atoms with E-state index in [0.717, 1.165) is 11.4 Å². The van der Waals surface area contributed by atoms with Crippen LogP contribution in [0.3, 0.4) is 0 Å². The predicted octanol–water partition coefficient (Wildman–Crippen LogP) is 1.06. The summed E-state index contributed by atoms with van der Waals surface area (Å²) >= 11 is 0. The first-order chi connectivity index (χ1) is 10.8. The number of benzene rings is 1. The summed E-state index contributed by atoms with van der Waals surface area (Å²) in [6, 6.07) is 9.74. The highest BCUT2D eigenvalue weighted by atomic mass is 16.5. The number of amides is 2. The van der Waals surface area contributed by atoms with Crippen LogP contribution in [0.1, 0.15) is 5.82 Å². The largest absolute Gasteiger partial charge is 0.378 e. The third kappa shape index (κ3) is 3.62. The number of nitrogens with one attached hydrogen (secondary N) is 2. The predicted molar refractivity (Wildman–Crippen MR) is 81.3 cm³/mol. The van der Waals surface area contributed by atoms with Crippen LogP contribution in [0.25, 0.3) is 11.4 Å². The average Bonchev–Trinajstić information content (AvgIpc) is 3.05. The lowest BCUT2D eigenvalue weighted by Gasteiger charge is -2.26. The summed E-state index contributed by atoms with van der Waals surface area (Å²) in [5.74, 6) is 1.44. The van der Waals surface area contributed by atoms with Crippen LogP contribution < -0.4 is 5.32 Å². The summed E-state index contributed by atoms with van der Waals surface area (Å²) in [5, 5.41) is 10.0. The lowest BCUT2D eigenvalue weighted by atomic mass is 10.2. The number of urea groups is 1. The van der Waals surface area contributed by atoms with Gasteiger partial charge in [-0.15, -0.1) is 0 Å². The van der Waals surface area contributed by atoms with Gasteiger partial charge in [-0.25, -0.2) is 9.78 Å². The molecule has 1 aromatic carbocycles. The fourth-order valence-electron chi connectivity index (χ4n) is 2.29. The fraction of sp³-hybridized carbons (Fsp3) is 0.400. The van der Waals surface area contributed by atoms with E-state index in [1.807, 2.05) is 30.3 Å². The molecule has 116 valence electrons. The minimum Gasteiger partial charge on any atom is -0.378 e. The Balaban J connectivity index is 1.48. The summed E-state index contributed by atoms with van der Waals surface area (Å²) in [6.07, 6.45) is 0.621. The van der Waals surface area contributed by atoms with Gasteiger partial charge in [-0.05, 0) is 0 Å². The first-order valence-corrected chi connectivity index (χ1v) is 7.40. The first-order valence-electron chi connectivity index (χ1n) is 7.40. The number of carbonyl (C=O) groups excluding carboxylic acids is 1. The summed E-state index contributed by atoms with van der Waals surface area (Å²) in [6.45, 7) is 3.03. The van der Waals surface area contributed by atoms with Crippen molar-refractivity contribution in [1.82, 2.24) is 25.4 Å². The molecule has 2 amide bonds. The molecule has 1 aromatic heterocycles. The second kappa shape index (κ2) is 7.04. The van der Waals surface area contributed by atoms with Crippen molar-refractivity contribution in [2.24, 2.45) is 0 Å². The Kier molecular flexibility index (Phi) is 4.65. The van der Waals surface area contributed by atoms with E-state index < -0.39 is 0 Å². The van der Waals surface area contributed by atoms with Crippen molar-refractivity contribution in [1.29, 1.82) is 0 Å². The number of hydrogen-bond donors (Lipinski definition) is 2.